The zero-order valence-electron chi connectivity index (χ0n) is 13.5. The van der Waals surface area contributed by atoms with Crippen LogP contribution in [0.4, 0.5) is 0 Å². The molecule has 2 heteroatoms. The van der Waals surface area contributed by atoms with E-state index < -0.39 is 42.3 Å². The van der Waals surface area contributed by atoms with Gasteiger partial charge in [-0.3, -0.25) is 0 Å². The van der Waals surface area contributed by atoms with Gasteiger partial charge in [0.15, 0.2) is 0 Å². The van der Waals surface area contributed by atoms with E-state index in [1.807, 2.05) is 0 Å². The Morgan fingerprint density at radius 1 is 0.600 bits per heavy atom. The van der Waals surface area contributed by atoms with Gasteiger partial charge in [-0.1, -0.05) is 0 Å². The van der Waals surface area contributed by atoms with Gasteiger partial charge in [0.2, 0.25) is 0 Å². The number of hydrogen-bond acceptors (Lipinski definition) is 0. The zero-order valence-corrected chi connectivity index (χ0v) is 19.2. The summed E-state index contributed by atoms with van der Waals surface area (Å²) in [5.41, 5.74) is 0. The normalized spacial score (nSPS) is 12.9. The molecule has 0 unspecified atom stereocenters. The van der Waals surface area contributed by atoms with E-state index in [4.69, 9.17) is 0 Å². The molecule has 0 nitrogen and oxygen atoms in total. The molecule has 0 spiro atoms. The monoisotopic (exact) mass is 480 g/mol. The second-order valence-electron chi connectivity index (χ2n) is 7.53. The summed E-state index contributed by atoms with van der Waals surface area (Å²) < 4.78 is 4.30. The standard InChI is InChI=1S/C10H6.2C4H9.2Sn/c1-2-6-10-8-4-3-7-9(10)5-1;2*1-4(2)3;;/h1,4-8H;2*1-3H3;;. The molecular formula is C18H24Sn2. The number of fused-ring (bicyclic) bond motifs is 1. The minimum atomic E-state index is -0.486. The van der Waals surface area contributed by atoms with Gasteiger partial charge < -0.3 is 0 Å². The Morgan fingerprint density at radius 3 is 1.25 bits per heavy atom. The fourth-order valence-corrected chi connectivity index (χ4v) is 9.46. The SMILES string of the molecule is C[C](C)(C)[Sn][c]1ccc2c[c]([Sn][C](C)(C)C)ccc2c1. The molecule has 0 saturated heterocycles. The first-order valence-corrected chi connectivity index (χ1v) is 12.9. The maximum atomic E-state index is 2.44. The van der Waals surface area contributed by atoms with Gasteiger partial charge in [0.1, 0.15) is 0 Å². The molecule has 4 radical (unpaired) electrons. The molecule has 0 heterocycles. The average Bonchev–Trinajstić information content (AvgIpc) is 2.25. The van der Waals surface area contributed by atoms with E-state index in [1.165, 1.54) is 10.8 Å². The summed E-state index contributed by atoms with van der Waals surface area (Å²) in [5, 5.41) is 2.87. The molecule has 2 aromatic carbocycles. The van der Waals surface area contributed by atoms with Gasteiger partial charge in [-0.25, -0.2) is 0 Å². The Labute approximate surface area is 144 Å². The van der Waals surface area contributed by atoms with Crippen LogP contribution in [0.1, 0.15) is 41.5 Å². The van der Waals surface area contributed by atoms with Crippen molar-refractivity contribution in [1.29, 1.82) is 0 Å². The molecule has 20 heavy (non-hydrogen) atoms. The van der Waals surface area contributed by atoms with Gasteiger partial charge in [-0.15, -0.1) is 0 Å². The molecule has 0 bridgehead atoms. The molecule has 2 aromatic rings. The number of benzene rings is 2. The molecule has 2 rings (SSSR count). The van der Waals surface area contributed by atoms with Crippen molar-refractivity contribution in [1.82, 2.24) is 0 Å². The van der Waals surface area contributed by atoms with Crippen LogP contribution >= 0.6 is 0 Å². The predicted molar refractivity (Wildman–Crippen MR) is 94.2 cm³/mol. The quantitative estimate of drug-likeness (QED) is 0.575. The third-order valence-electron chi connectivity index (χ3n) is 2.88. The van der Waals surface area contributed by atoms with Crippen LogP contribution in [-0.4, -0.2) is 42.3 Å². The second-order valence-corrected chi connectivity index (χ2v) is 20.8. The number of rotatable bonds is 2. The summed E-state index contributed by atoms with van der Waals surface area (Å²) >= 11 is -0.972. The minimum absolute atomic E-state index is 0.486. The topological polar surface area (TPSA) is 0 Å². The fourth-order valence-electron chi connectivity index (χ4n) is 2.27. The molecule has 0 saturated carbocycles. The van der Waals surface area contributed by atoms with E-state index in [9.17, 15) is 0 Å². The molecule has 0 amide bonds. The van der Waals surface area contributed by atoms with E-state index in [-0.39, 0.29) is 0 Å². The third kappa shape index (κ3) is 5.25. The molecule has 0 aliphatic rings. The van der Waals surface area contributed by atoms with Crippen LogP contribution in [0.15, 0.2) is 36.4 Å². The van der Waals surface area contributed by atoms with Crippen LogP contribution in [-0.2, 0) is 0 Å². The van der Waals surface area contributed by atoms with Crippen molar-refractivity contribution in [2.45, 2.75) is 48.4 Å². The van der Waals surface area contributed by atoms with Crippen LogP contribution in [0, 0.1) is 0 Å². The summed E-state index contributed by atoms with van der Waals surface area (Å²) in [4.78, 5) is 0. The summed E-state index contributed by atoms with van der Waals surface area (Å²) in [7, 11) is 0. The molecule has 0 atom stereocenters. The second kappa shape index (κ2) is 6.19. The third-order valence-corrected chi connectivity index (χ3v) is 10.6. The van der Waals surface area contributed by atoms with Crippen molar-refractivity contribution >= 4 is 60.2 Å². The van der Waals surface area contributed by atoms with Crippen LogP contribution < -0.4 is 7.16 Å². The molecule has 0 aliphatic heterocycles. The Hall–Kier alpha value is 0.297. The molecule has 0 aromatic heterocycles. The summed E-state index contributed by atoms with van der Waals surface area (Å²) in [5.74, 6) is 0. The molecular weight excluding hydrogens is 454 g/mol. The summed E-state index contributed by atoms with van der Waals surface area (Å²) in [6, 6.07) is 14.3. The van der Waals surface area contributed by atoms with E-state index in [0.29, 0.717) is 6.86 Å². The van der Waals surface area contributed by atoms with Crippen molar-refractivity contribution in [2.75, 3.05) is 0 Å². The van der Waals surface area contributed by atoms with Gasteiger partial charge in [0.25, 0.3) is 0 Å². The van der Waals surface area contributed by atoms with E-state index in [1.54, 1.807) is 7.16 Å². The van der Waals surface area contributed by atoms with Gasteiger partial charge >= 0.3 is 145 Å². The van der Waals surface area contributed by atoms with E-state index in [2.05, 4.69) is 77.9 Å². The molecule has 0 N–H and O–H groups in total. The van der Waals surface area contributed by atoms with Crippen LogP contribution in [0.5, 0.6) is 0 Å². The Balaban J connectivity index is 2.30. The predicted octanol–water partition coefficient (Wildman–Crippen LogP) is 3.94. The van der Waals surface area contributed by atoms with Crippen LogP contribution in [0.3, 0.4) is 0 Å². The van der Waals surface area contributed by atoms with Gasteiger partial charge in [0.05, 0.1) is 0 Å². The summed E-state index contributed by atoms with van der Waals surface area (Å²) in [6.45, 7) is 14.3. The first-order valence-electron chi connectivity index (χ1n) is 7.23. The van der Waals surface area contributed by atoms with E-state index in [0.717, 1.165) is 0 Å². The van der Waals surface area contributed by atoms with Crippen LogP contribution in [0.25, 0.3) is 10.8 Å². The van der Waals surface area contributed by atoms with Crippen LogP contribution in [0.2, 0.25) is 6.86 Å². The summed E-state index contributed by atoms with van der Waals surface area (Å²) in [6.07, 6.45) is 0. The van der Waals surface area contributed by atoms with Crippen molar-refractivity contribution < 1.29 is 0 Å². The van der Waals surface area contributed by atoms with Crippen molar-refractivity contribution in [3.05, 3.63) is 36.4 Å². The number of hydrogen-bond donors (Lipinski definition) is 0. The van der Waals surface area contributed by atoms with Crippen molar-refractivity contribution in [3.8, 4) is 0 Å². The molecule has 0 fully saturated rings. The van der Waals surface area contributed by atoms with E-state index >= 15 is 0 Å². The first-order chi connectivity index (χ1) is 9.12. The molecule has 104 valence electrons. The molecule has 0 aliphatic carbocycles. The Bertz CT molecular complexity index is 546. The fraction of sp³-hybridized carbons (Fsp3) is 0.444. The Morgan fingerprint density at radius 2 is 0.950 bits per heavy atom. The van der Waals surface area contributed by atoms with Crippen molar-refractivity contribution in [3.63, 3.8) is 0 Å². The van der Waals surface area contributed by atoms with Gasteiger partial charge in [0, 0.05) is 0 Å². The van der Waals surface area contributed by atoms with Gasteiger partial charge in [-0.05, 0) is 0 Å². The van der Waals surface area contributed by atoms with Gasteiger partial charge in [-0.2, -0.15) is 0 Å². The first kappa shape index (κ1) is 16.7. The average molecular weight is 478 g/mol. The van der Waals surface area contributed by atoms with Crippen molar-refractivity contribution in [2.24, 2.45) is 0 Å². The Kier molecular flexibility index (Phi) is 5.16. The zero-order chi connectivity index (χ0) is 15.0. The maximum absolute atomic E-state index is 2.44.